The van der Waals surface area contributed by atoms with Gasteiger partial charge in [0.25, 0.3) is 16.1 Å². The molecule has 0 spiro atoms. The van der Waals surface area contributed by atoms with Crippen molar-refractivity contribution < 1.29 is 62.1 Å². The first kappa shape index (κ1) is 62.1. The van der Waals surface area contributed by atoms with Gasteiger partial charge in [-0.3, -0.25) is 39.0 Å². The minimum atomic E-state index is -4.97. The number of aromatic hydroxyl groups is 1. The summed E-state index contributed by atoms with van der Waals surface area (Å²) in [5, 5.41) is 43.0. The van der Waals surface area contributed by atoms with E-state index < -0.39 is 112 Å². The van der Waals surface area contributed by atoms with Crippen molar-refractivity contribution in [1.29, 1.82) is 0 Å². The molecule has 1 aliphatic rings. The second-order valence-electron chi connectivity index (χ2n) is 19.3. The molecule has 27 heteroatoms. The van der Waals surface area contributed by atoms with Crippen LogP contribution in [0.1, 0.15) is 56.2 Å². The van der Waals surface area contributed by atoms with E-state index in [0.717, 1.165) is 21.6 Å². The monoisotopic (exact) mass is 1140 g/mol. The molecule has 3 aromatic carbocycles. The number of unbranched alkanes of at least 4 members (excludes halogenated alkanes) is 1. The highest BCUT2D eigenvalue weighted by molar-refractivity contribution is 8.76. The summed E-state index contributed by atoms with van der Waals surface area (Å²) in [4.78, 5) is 115. The Labute approximate surface area is 460 Å². The third kappa shape index (κ3) is 19.3. The van der Waals surface area contributed by atoms with Gasteiger partial charge in [-0.1, -0.05) is 96.1 Å². The van der Waals surface area contributed by atoms with Gasteiger partial charge in [0.05, 0.1) is 6.04 Å². The first-order valence-corrected chi connectivity index (χ1v) is 29.0. The molecular weight excluding hydrogens is 1070 g/mol. The average Bonchev–Trinajstić information content (AvgIpc) is 3.82. The fourth-order valence-electron chi connectivity index (χ4n) is 8.08. The quantitative estimate of drug-likeness (QED) is 0.0424. The summed E-state index contributed by atoms with van der Waals surface area (Å²) in [6, 6.07) is 10.6. The summed E-state index contributed by atoms with van der Waals surface area (Å²) in [6.45, 7) is 3.28. The Bertz CT molecular complexity index is 2820. The van der Waals surface area contributed by atoms with Crippen molar-refractivity contribution in [3.8, 4) is 5.75 Å². The maximum Gasteiger partial charge on any atom is 0.326 e. The summed E-state index contributed by atoms with van der Waals surface area (Å²) in [6.07, 6.45) is 0.754. The number of fused-ring (bicyclic) bond motifs is 1. The Morgan fingerprint density at radius 1 is 0.782 bits per heavy atom. The van der Waals surface area contributed by atoms with Gasteiger partial charge < -0.3 is 57.5 Å². The number of nitrogens with zero attached hydrogens (tertiary/aromatic N) is 2. The van der Waals surface area contributed by atoms with Crippen molar-refractivity contribution >= 4 is 90.1 Å². The Kier molecular flexibility index (Phi) is 23.8. The third-order valence-corrected chi connectivity index (χ3v) is 16.3. The van der Waals surface area contributed by atoms with Gasteiger partial charge in [-0.2, -0.15) is 13.1 Å². The number of carbonyl (C=O) groups is 8. The van der Waals surface area contributed by atoms with E-state index in [2.05, 4.69) is 41.7 Å². The van der Waals surface area contributed by atoms with Crippen LogP contribution in [0, 0.1) is 5.92 Å². The van der Waals surface area contributed by atoms with E-state index in [0.29, 0.717) is 45.0 Å². The van der Waals surface area contributed by atoms with Gasteiger partial charge in [0.2, 0.25) is 29.5 Å². The summed E-state index contributed by atoms with van der Waals surface area (Å²) in [5.74, 6) is -9.73. The lowest BCUT2D eigenvalue weighted by atomic mass is 10.0. The number of carboxylic acid groups (broad SMARTS) is 2. The fraction of sp³-hybridized carbons (Fsp3) is 0.451. The molecule has 2 heterocycles. The molecule has 1 fully saturated rings. The highest BCUT2D eigenvalue weighted by Crippen LogP contribution is 2.25. The van der Waals surface area contributed by atoms with Crippen molar-refractivity contribution in [3.05, 3.63) is 102 Å². The largest absolute Gasteiger partial charge is 0.508 e. The van der Waals surface area contributed by atoms with Gasteiger partial charge in [-0.25, -0.2) is 4.79 Å². The number of rotatable bonds is 20. The summed E-state index contributed by atoms with van der Waals surface area (Å²) >= 11 is 0. The number of phenolic OH excluding ortho intramolecular Hbond substituents is 1. The van der Waals surface area contributed by atoms with Gasteiger partial charge in [-0.15, -0.1) is 4.41 Å². The zero-order valence-corrected chi connectivity index (χ0v) is 46.1. The average molecular weight is 1140 g/mol. The van der Waals surface area contributed by atoms with Gasteiger partial charge in [0.15, 0.2) is 0 Å². The van der Waals surface area contributed by atoms with Crippen LogP contribution in [-0.4, -0.2) is 166 Å². The molecule has 24 nitrogen and oxygen atoms in total. The van der Waals surface area contributed by atoms with Crippen LogP contribution in [-0.2, 0) is 67.8 Å². The third-order valence-electron chi connectivity index (χ3n) is 12.4. The molecular formula is C51H69N11O13S3. The maximum absolute atomic E-state index is 14.9. The number of benzene rings is 3. The summed E-state index contributed by atoms with van der Waals surface area (Å²) in [7, 11) is 0.518. The maximum atomic E-state index is 14.9. The van der Waals surface area contributed by atoms with Crippen LogP contribution in [0.4, 0.5) is 0 Å². The normalized spacial score (nSPS) is 21.1. The Morgan fingerprint density at radius 2 is 1.40 bits per heavy atom. The van der Waals surface area contributed by atoms with Crippen LogP contribution in [0.2, 0.25) is 0 Å². The lowest BCUT2D eigenvalue weighted by molar-refractivity contribution is -0.143. The predicted octanol–water partition coefficient (Wildman–Crippen LogP) is 0.531. The van der Waals surface area contributed by atoms with Crippen LogP contribution in [0.5, 0.6) is 5.75 Å². The number of amides is 6. The number of carboxylic acids is 2. The number of aromatic amines is 1. The first-order chi connectivity index (χ1) is 37.0. The topological polar surface area (TPSA) is 364 Å². The lowest BCUT2D eigenvalue weighted by Crippen LogP contribution is -2.62. The number of nitrogens with one attached hydrogen (secondary N) is 8. The van der Waals surface area contributed by atoms with Crippen LogP contribution < -0.4 is 42.5 Å². The van der Waals surface area contributed by atoms with E-state index in [-0.39, 0.29) is 55.9 Å². The van der Waals surface area contributed by atoms with E-state index in [1.54, 1.807) is 74.6 Å². The van der Waals surface area contributed by atoms with E-state index in [4.69, 9.17) is 5.73 Å². The number of aromatic nitrogens is 1. The van der Waals surface area contributed by atoms with Crippen molar-refractivity contribution in [1.82, 2.24) is 51.0 Å². The molecule has 7 atom stereocenters. The smallest absolute Gasteiger partial charge is 0.326 e. The summed E-state index contributed by atoms with van der Waals surface area (Å²) in [5.41, 5.74) is 10.7. The van der Waals surface area contributed by atoms with Crippen molar-refractivity contribution in [2.24, 2.45) is 11.7 Å². The molecule has 1 aliphatic heterocycles. The zero-order chi connectivity index (χ0) is 57.1. The Balaban J connectivity index is 1.65. The van der Waals surface area contributed by atoms with Crippen LogP contribution in [0.25, 0.3) is 10.9 Å². The number of phenols is 1. The van der Waals surface area contributed by atoms with Gasteiger partial charge in [-0.05, 0) is 87.1 Å². The first-order valence-electron chi connectivity index (χ1n) is 25.1. The predicted molar refractivity (Wildman–Crippen MR) is 294 cm³/mol. The Morgan fingerprint density at radius 3 is 2.06 bits per heavy atom. The molecule has 3 unspecified atom stereocenters. The van der Waals surface area contributed by atoms with E-state index in [1.807, 2.05) is 19.0 Å². The molecule has 0 radical (unpaired) electrons. The number of aliphatic carboxylic acids is 2. The zero-order valence-electron chi connectivity index (χ0n) is 43.6. The molecule has 13 N–H and O–H groups in total. The molecule has 78 heavy (non-hydrogen) atoms. The molecule has 424 valence electrons. The molecule has 4 aromatic rings. The lowest BCUT2D eigenvalue weighted by Gasteiger charge is -2.30. The molecule has 0 saturated carbocycles. The van der Waals surface area contributed by atoms with E-state index >= 15 is 0 Å². The van der Waals surface area contributed by atoms with Crippen molar-refractivity contribution in [3.63, 3.8) is 0 Å². The molecule has 1 saturated heterocycles. The number of hydrogen-bond acceptors (Lipinski definition) is 15. The van der Waals surface area contributed by atoms with Crippen LogP contribution in [0.3, 0.4) is 0 Å². The van der Waals surface area contributed by atoms with E-state index in [1.165, 1.54) is 24.3 Å². The van der Waals surface area contributed by atoms with E-state index in [9.17, 15) is 62.1 Å². The van der Waals surface area contributed by atoms with Gasteiger partial charge in [0, 0.05) is 54.4 Å². The second kappa shape index (κ2) is 29.8. The minimum absolute atomic E-state index is 0.128. The molecule has 6 amide bonds. The van der Waals surface area contributed by atoms with Crippen LogP contribution in [0.15, 0.2) is 85.1 Å². The minimum Gasteiger partial charge on any atom is -0.508 e. The standard InChI is InChI=1S/C51H69N11O13S3/c1-30(2)44(51(72)73)58-49(70)42-29-77-76-28-41(56-45(66)36(52)20-21-43(64)65)48(69)54-38(24-31-12-6-5-7-13-31)46(67)55-39(26-33-27-53-37-15-9-8-14-35(33)37)50(71)59-62(23-11-10-22-61(3)4)78(74,75)60-40(47(68)57-42)25-32-16-18-34(63)19-17-32/h5-9,12-19,27,30,36,38-42,44,53,60,63H,10-11,20-26,28-29,52H2,1-4H3,(H,54,69)(H,55,67)(H,56,66)(H,57,68)(H,58,70)(H,59,71)(H,64,65)(H,72,73)/t36-,38?,39-,40?,41-,42?,44-/m0/s1. The van der Waals surface area contributed by atoms with Gasteiger partial charge >= 0.3 is 11.9 Å². The molecule has 5 rings (SSSR count). The number of H-pyrrole nitrogens is 1. The van der Waals surface area contributed by atoms with Crippen LogP contribution >= 0.6 is 21.6 Å². The highest BCUT2D eigenvalue weighted by atomic mass is 33.1. The number of nitrogens with two attached hydrogens (primary N) is 1. The number of carbonyl (C=O) groups excluding carboxylic acids is 6. The Hall–Kier alpha value is -6.75. The summed E-state index contributed by atoms with van der Waals surface area (Å²) < 4.78 is 32.7. The van der Waals surface area contributed by atoms with Gasteiger partial charge in [0.1, 0.15) is 42.0 Å². The van der Waals surface area contributed by atoms with Crippen molar-refractivity contribution in [2.75, 3.05) is 38.7 Å². The second-order valence-corrected chi connectivity index (χ2v) is 23.5. The fourth-order valence-corrected chi connectivity index (χ4v) is 11.7. The SMILES string of the molecule is CC(C)[C@H](NC(=O)C1CSSC[C@H](NC(=O)[C@@H](N)CCC(=O)O)C(=O)NC(Cc2ccccc2)C(=O)N[C@@H](Cc2c[nH]c3ccccc23)C(=O)NN(CCCCN(C)C)S(=O)(=O)NC(Cc2ccc(O)cc2)C(=O)N1)C(=O)O. The number of hydrazine groups is 1. The molecule has 1 aromatic heterocycles. The molecule has 0 aliphatic carbocycles. The number of para-hydroxylation sites is 1. The highest BCUT2D eigenvalue weighted by Gasteiger charge is 2.37. The molecule has 0 bridgehead atoms. The number of hydrogen-bond donors (Lipinski definition) is 12. The van der Waals surface area contributed by atoms with Crippen molar-refractivity contribution in [2.45, 2.75) is 101 Å².